The predicted octanol–water partition coefficient (Wildman–Crippen LogP) is 2.74. The lowest BCUT2D eigenvalue weighted by Crippen LogP contribution is -2.04. The van der Waals surface area contributed by atoms with Gasteiger partial charge in [-0.05, 0) is 35.4 Å². The lowest BCUT2D eigenvalue weighted by Gasteiger charge is -2.11. The van der Waals surface area contributed by atoms with E-state index in [1.807, 2.05) is 13.8 Å². The number of nitrogens with zero attached hydrogens (tertiary/aromatic N) is 3. The van der Waals surface area contributed by atoms with Gasteiger partial charge in [0.25, 0.3) is 0 Å². The van der Waals surface area contributed by atoms with E-state index < -0.39 is 0 Å². The van der Waals surface area contributed by atoms with E-state index in [9.17, 15) is 4.79 Å². The molecule has 100 valence electrons. The number of ether oxygens (including phenoxy) is 1. The van der Waals surface area contributed by atoms with Crippen LogP contribution in [0.2, 0.25) is 0 Å². The van der Waals surface area contributed by atoms with Crippen LogP contribution in [0.1, 0.15) is 28.7 Å². The smallest absolute Gasteiger partial charge is 0.238 e. The minimum Gasteiger partial charge on any atom is -0.481 e. The summed E-state index contributed by atoms with van der Waals surface area (Å²) in [6.07, 6.45) is 2.02. The molecule has 0 unspecified atom stereocenters. The number of aryl methyl sites for hydroxylation is 1. The van der Waals surface area contributed by atoms with Crippen molar-refractivity contribution in [2.45, 2.75) is 20.3 Å². The Morgan fingerprint density at radius 1 is 1.53 bits per heavy atom. The number of fused-ring (bicyclic) bond motifs is 1. The van der Waals surface area contributed by atoms with Gasteiger partial charge >= 0.3 is 0 Å². The molecule has 0 spiro atoms. The highest BCUT2D eigenvalue weighted by Gasteiger charge is 2.20. The molecular weight excluding hydrogens is 310 g/mol. The molecule has 0 N–H and O–H groups in total. The number of hydrogen-bond acceptors (Lipinski definition) is 4. The normalized spacial score (nSPS) is 10.7. The number of halogens is 1. The first-order valence-electron chi connectivity index (χ1n) is 5.83. The Labute approximate surface area is 119 Å². The van der Waals surface area contributed by atoms with E-state index >= 15 is 0 Å². The second-order valence-corrected chi connectivity index (χ2v) is 4.74. The minimum absolute atomic E-state index is 0.242. The number of hydrogen-bond donors (Lipinski definition) is 0. The van der Waals surface area contributed by atoms with E-state index in [1.54, 1.807) is 11.5 Å². The summed E-state index contributed by atoms with van der Waals surface area (Å²) >= 11 is 3.40. The Hall–Kier alpha value is -1.69. The molecule has 0 bridgehead atoms. The van der Waals surface area contributed by atoms with Crippen LogP contribution < -0.4 is 4.74 Å². The fraction of sp³-hybridized carbons (Fsp3) is 0.308. The Kier molecular flexibility index (Phi) is 3.71. The first-order chi connectivity index (χ1) is 9.04. The zero-order valence-electron chi connectivity index (χ0n) is 11.0. The summed E-state index contributed by atoms with van der Waals surface area (Å²) in [5.74, 6) is 0.736. The van der Waals surface area contributed by atoms with Crippen molar-refractivity contribution >= 4 is 27.5 Å². The van der Waals surface area contributed by atoms with Crippen molar-refractivity contribution in [1.82, 2.24) is 14.4 Å². The largest absolute Gasteiger partial charge is 0.481 e. The standard InChI is InChI=1S/C13H14BrN3O2/c1-5-8-7(3)17-11(14)10(9(18)6-2)15-13(17)16-12(8)19-4/h6H,2,5H2,1,3-4H3. The van der Waals surface area contributed by atoms with Gasteiger partial charge in [0.05, 0.1) is 7.11 Å². The average molecular weight is 324 g/mol. The van der Waals surface area contributed by atoms with Gasteiger partial charge < -0.3 is 4.74 Å². The number of methoxy groups -OCH3 is 1. The van der Waals surface area contributed by atoms with Crippen LogP contribution in [0.4, 0.5) is 0 Å². The molecule has 2 aromatic rings. The Morgan fingerprint density at radius 3 is 2.74 bits per heavy atom. The summed E-state index contributed by atoms with van der Waals surface area (Å²) < 4.78 is 7.67. The SMILES string of the molecule is C=CC(=O)c1nc2nc(OC)c(CC)c(C)n2c1Br. The fourth-order valence-corrected chi connectivity index (χ4v) is 2.75. The molecule has 2 rings (SSSR count). The summed E-state index contributed by atoms with van der Waals surface area (Å²) in [5.41, 5.74) is 2.25. The summed E-state index contributed by atoms with van der Waals surface area (Å²) in [4.78, 5) is 20.3. The Balaban J connectivity index is 2.84. The molecule has 6 heteroatoms. The third-order valence-corrected chi connectivity index (χ3v) is 3.73. The van der Waals surface area contributed by atoms with Gasteiger partial charge in [-0.3, -0.25) is 9.20 Å². The van der Waals surface area contributed by atoms with Crippen molar-refractivity contribution < 1.29 is 9.53 Å². The van der Waals surface area contributed by atoms with E-state index in [0.717, 1.165) is 17.7 Å². The third-order valence-electron chi connectivity index (χ3n) is 3.00. The molecule has 0 radical (unpaired) electrons. The van der Waals surface area contributed by atoms with Gasteiger partial charge in [-0.15, -0.1) is 0 Å². The topological polar surface area (TPSA) is 56.5 Å². The van der Waals surface area contributed by atoms with Crippen LogP contribution in [0, 0.1) is 6.92 Å². The number of carbonyl (C=O) groups excluding carboxylic acids is 1. The quantitative estimate of drug-likeness (QED) is 0.641. The molecule has 2 heterocycles. The highest BCUT2D eigenvalue weighted by molar-refractivity contribution is 9.10. The van der Waals surface area contributed by atoms with E-state index in [2.05, 4.69) is 32.5 Å². The molecule has 0 saturated heterocycles. The molecule has 0 saturated carbocycles. The number of imidazole rings is 1. The predicted molar refractivity (Wildman–Crippen MR) is 75.9 cm³/mol. The fourth-order valence-electron chi connectivity index (χ4n) is 2.04. The van der Waals surface area contributed by atoms with Crippen molar-refractivity contribution in [2.24, 2.45) is 0 Å². The van der Waals surface area contributed by atoms with Crippen molar-refractivity contribution in [2.75, 3.05) is 7.11 Å². The highest BCUT2D eigenvalue weighted by Crippen LogP contribution is 2.27. The summed E-state index contributed by atoms with van der Waals surface area (Å²) in [6, 6.07) is 0. The lowest BCUT2D eigenvalue weighted by molar-refractivity contribution is 0.104. The zero-order chi connectivity index (χ0) is 14.2. The molecule has 5 nitrogen and oxygen atoms in total. The number of aromatic nitrogens is 3. The van der Waals surface area contributed by atoms with Crippen LogP contribution in [0.3, 0.4) is 0 Å². The first kappa shape index (κ1) is 13.7. The van der Waals surface area contributed by atoms with E-state index in [-0.39, 0.29) is 5.78 Å². The van der Waals surface area contributed by atoms with Crippen molar-refractivity contribution in [3.05, 3.63) is 34.2 Å². The highest BCUT2D eigenvalue weighted by atomic mass is 79.9. The zero-order valence-corrected chi connectivity index (χ0v) is 12.6. The van der Waals surface area contributed by atoms with Crippen molar-refractivity contribution in [3.8, 4) is 5.88 Å². The molecule has 0 aliphatic rings. The van der Waals surface area contributed by atoms with Crippen LogP contribution >= 0.6 is 15.9 Å². The van der Waals surface area contributed by atoms with Crippen LogP contribution in [-0.4, -0.2) is 27.3 Å². The maximum atomic E-state index is 11.7. The molecule has 0 amide bonds. The maximum absolute atomic E-state index is 11.7. The van der Waals surface area contributed by atoms with E-state index in [0.29, 0.717) is 22.0 Å². The average Bonchev–Trinajstić information content (AvgIpc) is 2.75. The van der Waals surface area contributed by atoms with Crippen LogP contribution in [0.15, 0.2) is 17.3 Å². The molecule has 0 aromatic carbocycles. The molecule has 2 aromatic heterocycles. The molecule has 0 atom stereocenters. The van der Waals surface area contributed by atoms with Gasteiger partial charge in [-0.2, -0.15) is 4.98 Å². The molecule has 0 aliphatic heterocycles. The van der Waals surface area contributed by atoms with Crippen molar-refractivity contribution in [1.29, 1.82) is 0 Å². The summed E-state index contributed by atoms with van der Waals surface area (Å²) in [6.45, 7) is 7.45. The summed E-state index contributed by atoms with van der Waals surface area (Å²) in [7, 11) is 1.57. The van der Waals surface area contributed by atoms with Gasteiger partial charge in [0.1, 0.15) is 10.3 Å². The molecule has 0 fully saturated rings. The minimum atomic E-state index is -0.242. The molecular formula is C13H14BrN3O2. The van der Waals surface area contributed by atoms with Gasteiger partial charge in [-0.1, -0.05) is 13.5 Å². The Bertz CT molecular complexity index is 676. The van der Waals surface area contributed by atoms with Gasteiger partial charge in [-0.25, -0.2) is 4.98 Å². The molecule has 19 heavy (non-hydrogen) atoms. The summed E-state index contributed by atoms with van der Waals surface area (Å²) in [5, 5.41) is 0. The monoisotopic (exact) mass is 323 g/mol. The lowest BCUT2D eigenvalue weighted by atomic mass is 10.2. The van der Waals surface area contributed by atoms with E-state index in [1.165, 1.54) is 6.08 Å². The van der Waals surface area contributed by atoms with Crippen molar-refractivity contribution in [3.63, 3.8) is 0 Å². The second kappa shape index (κ2) is 5.13. The van der Waals surface area contributed by atoms with Crippen LogP contribution in [0.25, 0.3) is 5.78 Å². The first-order valence-corrected chi connectivity index (χ1v) is 6.62. The maximum Gasteiger partial charge on any atom is 0.238 e. The van der Waals surface area contributed by atoms with Crippen LogP contribution in [0.5, 0.6) is 5.88 Å². The number of carbonyl (C=O) groups is 1. The number of allylic oxidation sites excluding steroid dienone is 1. The third kappa shape index (κ3) is 2.06. The van der Waals surface area contributed by atoms with Crippen LogP contribution in [-0.2, 0) is 6.42 Å². The van der Waals surface area contributed by atoms with Gasteiger partial charge in [0.2, 0.25) is 17.4 Å². The second-order valence-electron chi connectivity index (χ2n) is 3.99. The number of rotatable bonds is 4. The Morgan fingerprint density at radius 2 is 2.21 bits per heavy atom. The molecule has 0 aliphatic carbocycles. The number of ketones is 1. The van der Waals surface area contributed by atoms with E-state index in [4.69, 9.17) is 4.74 Å². The van der Waals surface area contributed by atoms with Gasteiger partial charge in [0, 0.05) is 11.3 Å². The van der Waals surface area contributed by atoms with Gasteiger partial charge in [0.15, 0.2) is 0 Å².